The molecule has 3 saturated carbocycles. The molecule has 1 heterocycles. The van der Waals surface area contributed by atoms with Crippen molar-refractivity contribution in [2.24, 2.45) is 11.8 Å². The second kappa shape index (κ2) is 7.69. The van der Waals surface area contributed by atoms with Gasteiger partial charge < -0.3 is 15.1 Å². The van der Waals surface area contributed by atoms with Crippen LogP contribution in [0.3, 0.4) is 0 Å². The van der Waals surface area contributed by atoms with Crippen LogP contribution in [0.5, 0.6) is 0 Å². The molecule has 30 heavy (non-hydrogen) atoms. The van der Waals surface area contributed by atoms with E-state index in [1.54, 1.807) is 0 Å². The van der Waals surface area contributed by atoms with Crippen LogP contribution in [0, 0.1) is 17.7 Å². The normalized spacial score (nSPS) is 29.9. The van der Waals surface area contributed by atoms with Crippen LogP contribution >= 0.6 is 0 Å². The molecule has 4 nitrogen and oxygen atoms in total. The number of benzene rings is 2. The highest BCUT2D eigenvalue weighted by atomic mass is 19.1. The van der Waals surface area contributed by atoms with E-state index < -0.39 is 0 Å². The largest absolute Gasteiger partial charge is 0.335 e. The van der Waals surface area contributed by atoms with Crippen molar-refractivity contribution in [1.29, 1.82) is 0 Å². The molecule has 1 N–H and O–H groups in total. The minimum Gasteiger partial charge on any atom is -0.335 e. The van der Waals surface area contributed by atoms with Gasteiger partial charge in [-0.05, 0) is 80.4 Å². The maximum atomic E-state index is 13.6. The van der Waals surface area contributed by atoms with Gasteiger partial charge >= 0.3 is 6.03 Å². The van der Waals surface area contributed by atoms with Gasteiger partial charge in [0.2, 0.25) is 0 Å². The molecule has 6 rings (SSSR count). The Kier molecular flexibility index (Phi) is 5.02. The molecule has 4 aliphatic rings. The van der Waals surface area contributed by atoms with Gasteiger partial charge in [0.1, 0.15) is 5.82 Å². The number of rotatable bonds is 3. The Hall–Kier alpha value is -2.40. The Morgan fingerprint density at radius 1 is 1.03 bits per heavy atom. The van der Waals surface area contributed by atoms with Crippen LogP contribution in [-0.4, -0.2) is 48.6 Å². The highest BCUT2D eigenvalue weighted by molar-refractivity contribution is 5.76. The molecular weight excluding hydrogens is 377 g/mol. The van der Waals surface area contributed by atoms with Crippen molar-refractivity contribution in [3.8, 4) is 0 Å². The van der Waals surface area contributed by atoms with Crippen molar-refractivity contribution < 1.29 is 9.18 Å². The molecule has 158 valence electrons. The molecule has 3 fully saturated rings. The zero-order valence-electron chi connectivity index (χ0n) is 17.7. The highest BCUT2D eigenvalue weighted by Gasteiger charge is 2.47. The molecule has 0 saturated heterocycles. The van der Waals surface area contributed by atoms with Crippen LogP contribution in [0.2, 0.25) is 0 Å². The molecule has 2 amide bonds. The quantitative estimate of drug-likeness (QED) is 0.827. The molecule has 1 aliphatic heterocycles. The summed E-state index contributed by atoms with van der Waals surface area (Å²) in [6.07, 6.45) is 4.31. The number of hydrogen-bond donors (Lipinski definition) is 1. The zero-order chi connectivity index (χ0) is 20.8. The Morgan fingerprint density at radius 3 is 2.50 bits per heavy atom. The number of urea groups is 1. The number of hydrogen-bond acceptors (Lipinski definition) is 2. The molecule has 1 unspecified atom stereocenters. The maximum Gasteiger partial charge on any atom is 0.318 e. The number of nitrogens with zero attached hydrogens (tertiary/aromatic N) is 2. The van der Waals surface area contributed by atoms with E-state index in [1.165, 1.54) is 30.5 Å². The number of halogens is 1. The van der Waals surface area contributed by atoms with Crippen LogP contribution in [0.25, 0.3) is 0 Å². The Labute approximate surface area is 178 Å². The van der Waals surface area contributed by atoms with Crippen molar-refractivity contribution in [3.63, 3.8) is 0 Å². The van der Waals surface area contributed by atoms with Crippen molar-refractivity contribution >= 4 is 6.03 Å². The first-order valence-corrected chi connectivity index (χ1v) is 11.1. The molecule has 5 heteroatoms. The third-order valence-electron chi connectivity index (χ3n) is 7.52. The molecule has 0 spiro atoms. The van der Waals surface area contributed by atoms with Gasteiger partial charge in [0, 0.05) is 18.6 Å². The van der Waals surface area contributed by atoms with E-state index in [0.717, 1.165) is 29.9 Å². The van der Waals surface area contributed by atoms with Gasteiger partial charge in [0.25, 0.3) is 0 Å². The first kappa shape index (κ1) is 19.6. The zero-order valence-corrected chi connectivity index (χ0v) is 17.7. The summed E-state index contributed by atoms with van der Waals surface area (Å²) in [5.41, 5.74) is 3.37. The molecule has 3 atom stereocenters. The van der Waals surface area contributed by atoms with Gasteiger partial charge in [-0.1, -0.05) is 36.4 Å². The number of amides is 2. The fraction of sp³-hybridized carbons (Fsp3) is 0.480. The number of fused-ring (bicyclic) bond motifs is 3. The highest BCUT2D eigenvalue weighted by Crippen LogP contribution is 2.47. The molecule has 0 radical (unpaired) electrons. The van der Waals surface area contributed by atoms with Crippen LogP contribution < -0.4 is 5.32 Å². The molecule has 2 bridgehead atoms. The lowest BCUT2D eigenvalue weighted by Gasteiger charge is -2.53. The van der Waals surface area contributed by atoms with Crippen LogP contribution in [0.1, 0.15) is 42.0 Å². The van der Waals surface area contributed by atoms with Gasteiger partial charge in [-0.3, -0.25) is 0 Å². The van der Waals surface area contributed by atoms with Gasteiger partial charge in [-0.2, -0.15) is 0 Å². The summed E-state index contributed by atoms with van der Waals surface area (Å²) in [4.78, 5) is 17.8. The van der Waals surface area contributed by atoms with Crippen LogP contribution in [0.4, 0.5) is 9.18 Å². The predicted molar refractivity (Wildman–Crippen MR) is 116 cm³/mol. The topological polar surface area (TPSA) is 35.6 Å². The second-order valence-corrected chi connectivity index (χ2v) is 9.41. The van der Waals surface area contributed by atoms with E-state index in [9.17, 15) is 9.18 Å². The van der Waals surface area contributed by atoms with Gasteiger partial charge in [0.05, 0.1) is 6.04 Å². The molecule has 2 aromatic carbocycles. The van der Waals surface area contributed by atoms with E-state index in [2.05, 4.69) is 36.4 Å². The lowest BCUT2D eigenvalue weighted by Crippen LogP contribution is -2.60. The lowest BCUT2D eigenvalue weighted by atomic mass is 9.60. The van der Waals surface area contributed by atoms with Crippen LogP contribution in [-0.2, 0) is 6.42 Å². The third kappa shape index (κ3) is 3.39. The monoisotopic (exact) mass is 407 g/mol. The summed E-state index contributed by atoms with van der Waals surface area (Å²) in [6, 6.07) is 15.5. The fourth-order valence-electron chi connectivity index (χ4n) is 5.84. The second-order valence-electron chi connectivity index (χ2n) is 9.41. The number of carbonyl (C=O) groups excluding carboxylic acids is 1. The maximum absolute atomic E-state index is 13.6. The van der Waals surface area contributed by atoms with E-state index in [4.69, 9.17) is 0 Å². The molecular formula is C25H30FN3O. The smallest absolute Gasteiger partial charge is 0.318 e. The van der Waals surface area contributed by atoms with Gasteiger partial charge in [0.15, 0.2) is 0 Å². The summed E-state index contributed by atoms with van der Waals surface area (Å²) in [7, 11) is 4.29. The summed E-state index contributed by atoms with van der Waals surface area (Å²) in [5, 5.41) is 3.39. The van der Waals surface area contributed by atoms with E-state index in [0.29, 0.717) is 18.5 Å². The summed E-state index contributed by atoms with van der Waals surface area (Å²) in [6.45, 7) is 0.669. The minimum absolute atomic E-state index is 0.00619. The first-order valence-electron chi connectivity index (χ1n) is 11.1. The standard InChI is InChI=1S/C25H30FN3O/c1-28(2)23-15-22(18-13-19(23)14-18)27-25(30)29-12-11-16-5-3-4-6-21(16)24(29)17-7-9-20(26)10-8-17/h3-10,18-19,22-24H,11-15H2,1-2H3,(H,27,30)/t18?,19?,22-,23?,24+/m1/s1. The SMILES string of the molecule is CN(C)C1C[C@@H](NC(=O)N2CCc3ccccc3[C@@H]2c2ccc(F)cc2)C2CC1C2. The van der Waals surface area contributed by atoms with E-state index >= 15 is 0 Å². The number of carbonyl (C=O) groups is 1. The first-order chi connectivity index (χ1) is 14.5. The minimum atomic E-state index is -0.254. The Bertz CT molecular complexity index is 922. The Balaban J connectivity index is 1.41. The van der Waals surface area contributed by atoms with Gasteiger partial charge in [-0.15, -0.1) is 0 Å². The van der Waals surface area contributed by atoms with Crippen molar-refractivity contribution in [3.05, 3.63) is 71.0 Å². The Morgan fingerprint density at radius 2 is 1.77 bits per heavy atom. The van der Waals surface area contributed by atoms with Crippen molar-refractivity contribution in [2.75, 3.05) is 20.6 Å². The van der Waals surface area contributed by atoms with E-state index in [1.807, 2.05) is 29.2 Å². The fourth-order valence-corrected chi connectivity index (χ4v) is 5.84. The third-order valence-corrected chi connectivity index (χ3v) is 7.52. The summed E-state index contributed by atoms with van der Waals surface area (Å²) < 4.78 is 13.6. The average molecular weight is 408 g/mol. The van der Waals surface area contributed by atoms with Crippen LogP contribution in [0.15, 0.2) is 48.5 Å². The molecule has 3 aliphatic carbocycles. The summed E-state index contributed by atoms with van der Waals surface area (Å²) >= 11 is 0. The molecule has 0 aromatic heterocycles. The average Bonchev–Trinajstić information content (AvgIpc) is 2.72. The van der Waals surface area contributed by atoms with E-state index in [-0.39, 0.29) is 23.9 Å². The van der Waals surface area contributed by atoms with Crippen molar-refractivity contribution in [2.45, 2.75) is 43.8 Å². The van der Waals surface area contributed by atoms with Crippen molar-refractivity contribution in [1.82, 2.24) is 15.1 Å². The number of nitrogens with one attached hydrogen (secondary N) is 1. The predicted octanol–water partition coefficient (Wildman–Crippen LogP) is 4.21. The lowest BCUT2D eigenvalue weighted by molar-refractivity contribution is -0.00152. The van der Waals surface area contributed by atoms with Gasteiger partial charge in [-0.25, -0.2) is 9.18 Å². The summed E-state index contributed by atoms with van der Waals surface area (Å²) in [5.74, 6) is 1.14. The molecule has 2 aromatic rings.